The van der Waals surface area contributed by atoms with Crippen LogP contribution in [-0.2, 0) is 19.6 Å². The van der Waals surface area contributed by atoms with Crippen LogP contribution in [0.2, 0.25) is 5.02 Å². The zero-order chi connectivity index (χ0) is 21.6. The van der Waals surface area contributed by atoms with Crippen molar-refractivity contribution in [1.29, 1.82) is 0 Å². The van der Waals surface area contributed by atoms with E-state index >= 15 is 0 Å². The van der Waals surface area contributed by atoms with E-state index in [9.17, 15) is 22.8 Å². The summed E-state index contributed by atoms with van der Waals surface area (Å²) < 4.78 is 40.4. The summed E-state index contributed by atoms with van der Waals surface area (Å²) in [7, 11) is 0.991. The normalized spacial score (nSPS) is 13.6. The number of aryl methyl sites for hydroxylation is 1. The van der Waals surface area contributed by atoms with Crippen molar-refractivity contribution in [2.75, 3.05) is 13.3 Å². The van der Waals surface area contributed by atoms with Crippen LogP contribution in [0.5, 0.6) is 0 Å². The van der Waals surface area contributed by atoms with Crippen LogP contribution in [0.15, 0.2) is 27.8 Å². The van der Waals surface area contributed by atoms with Crippen molar-refractivity contribution >= 4 is 24.8 Å². The summed E-state index contributed by atoms with van der Waals surface area (Å²) in [4.78, 5) is 25.0. The van der Waals surface area contributed by atoms with E-state index in [4.69, 9.17) is 11.6 Å². The lowest BCUT2D eigenvalue weighted by molar-refractivity contribution is -0.144. The minimum absolute atomic E-state index is 0.228. The summed E-state index contributed by atoms with van der Waals surface area (Å²) >= 11 is 6.35. The fourth-order valence-corrected chi connectivity index (χ4v) is 3.77. The van der Waals surface area contributed by atoms with Gasteiger partial charge >= 0.3 is 11.9 Å². The molecule has 0 saturated heterocycles. The molecule has 9 heteroatoms. The molecule has 1 unspecified atom stereocenters. The Balaban J connectivity index is 2.72. The molecule has 2 rings (SSSR count). The van der Waals surface area contributed by atoms with Gasteiger partial charge in [0.05, 0.1) is 5.69 Å². The van der Waals surface area contributed by atoms with Crippen LogP contribution in [-0.4, -0.2) is 34.4 Å². The minimum atomic E-state index is -4.80. The molecule has 154 valence electrons. The van der Waals surface area contributed by atoms with Crippen molar-refractivity contribution in [3.63, 3.8) is 0 Å². The van der Waals surface area contributed by atoms with E-state index in [-0.39, 0.29) is 11.3 Å². The van der Waals surface area contributed by atoms with Crippen LogP contribution in [0, 0.1) is 6.92 Å². The van der Waals surface area contributed by atoms with Gasteiger partial charge in [0.2, 0.25) is 0 Å². The molecule has 0 amide bonds. The van der Waals surface area contributed by atoms with E-state index in [1.807, 2.05) is 0 Å². The van der Waals surface area contributed by atoms with Crippen molar-refractivity contribution in [2.45, 2.75) is 32.1 Å². The van der Waals surface area contributed by atoms with Gasteiger partial charge in [0.1, 0.15) is 5.69 Å². The second-order valence-electron chi connectivity index (χ2n) is 7.60. The van der Waals surface area contributed by atoms with Crippen molar-refractivity contribution in [3.05, 3.63) is 60.9 Å². The van der Waals surface area contributed by atoms with Crippen molar-refractivity contribution < 1.29 is 13.2 Å². The molecule has 0 spiro atoms. The first-order valence-electron chi connectivity index (χ1n) is 8.52. The number of hydrogen-bond acceptors (Lipinski definition) is 2. The lowest BCUT2D eigenvalue weighted by atomic mass is 10.1. The van der Waals surface area contributed by atoms with E-state index in [0.29, 0.717) is 27.6 Å². The minimum Gasteiger partial charge on any atom is -0.292 e. The molecule has 1 atom stereocenters. The Kier molecular flexibility index (Phi) is 6.13. The standard InChI is InChI=1S/C19H23ClF3N2O2P/c1-11-7-14(20)13(8-12(2)28(4,5)6)9-15(11)25-17(26)10-16(19(21,22)23)24(3)18(25)27/h7,9-10,12H,4,8H2,1-3,5-6H3. The molecule has 0 bridgehead atoms. The maximum atomic E-state index is 13.1. The zero-order valence-corrected chi connectivity index (χ0v) is 18.0. The Morgan fingerprint density at radius 2 is 1.79 bits per heavy atom. The van der Waals surface area contributed by atoms with Crippen LogP contribution in [0.25, 0.3) is 5.69 Å². The molecule has 0 fully saturated rings. The molecule has 1 aromatic carbocycles. The molecule has 1 aromatic heterocycles. The van der Waals surface area contributed by atoms with Crippen LogP contribution < -0.4 is 11.2 Å². The highest BCUT2D eigenvalue weighted by Crippen LogP contribution is 2.43. The Labute approximate surface area is 166 Å². The molecule has 2 aromatic rings. The summed E-state index contributed by atoms with van der Waals surface area (Å²) in [5.41, 5.74) is -1.68. The Hall–Kier alpha value is -1.72. The highest BCUT2D eigenvalue weighted by Gasteiger charge is 2.35. The lowest BCUT2D eigenvalue weighted by Gasteiger charge is -2.23. The first-order chi connectivity index (χ1) is 12.6. The first kappa shape index (κ1) is 22.6. The number of alkyl halides is 3. The Morgan fingerprint density at radius 1 is 1.21 bits per heavy atom. The quantitative estimate of drug-likeness (QED) is 0.678. The Morgan fingerprint density at radius 3 is 2.29 bits per heavy atom. The fourth-order valence-electron chi connectivity index (χ4n) is 2.79. The average Bonchev–Trinajstić information content (AvgIpc) is 2.52. The summed E-state index contributed by atoms with van der Waals surface area (Å²) in [5, 5.41) is 0.485. The van der Waals surface area contributed by atoms with Crippen LogP contribution >= 0.6 is 18.5 Å². The third-order valence-corrected chi connectivity index (χ3v) is 7.85. The maximum Gasteiger partial charge on any atom is 0.431 e. The summed E-state index contributed by atoms with van der Waals surface area (Å²) in [6, 6.07) is 3.67. The Bertz CT molecular complexity index is 1080. The molecule has 0 aliphatic carbocycles. The lowest BCUT2D eigenvalue weighted by Crippen LogP contribution is -2.41. The molecule has 28 heavy (non-hydrogen) atoms. The largest absolute Gasteiger partial charge is 0.431 e. The van der Waals surface area contributed by atoms with E-state index in [0.717, 1.165) is 17.2 Å². The summed E-state index contributed by atoms with van der Waals surface area (Å²) in [5.74, 6) is 0. The molecule has 0 aliphatic heterocycles. The van der Waals surface area contributed by atoms with Crippen molar-refractivity contribution in [2.24, 2.45) is 7.05 Å². The smallest absolute Gasteiger partial charge is 0.292 e. The summed E-state index contributed by atoms with van der Waals surface area (Å²) in [6.07, 6.45) is 0.00875. The predicted molar refractivity (Wildman–Crippen MR) is 111 cm³/mol. The molecular weight excluding hydrogens is 412 g/mol. The second-order valence-corrected chi connectivity index (χ2v) is 12.5. The first-order valence-corrected chi connectivity index (χ1v) is 11.8. The number of benzene rings is 1. The number of rotatable bonds is 4. The number of aromatic nitrogens is 2. The third kappa shape index (κ3) is 4.47. The zero-order valence-electron chi connectivity index (χ0n) is 16.4. The van der Waals surface area contributed by atoms with Gasteiger partial charge in [0.15, 0.2) is 0 Å². The average molecular weight is 435 g/mol. The molecule has 0 N–H and O–H groups in total. The van der Waals surface area contributed by atoms with E-state index in [1.54, 1.807) is 19.1 Å². The maximum absolute atomic E-state index is 13.1. The third-order valence-electron chi connectivity index (χ3n) is 4.93. The van der Waals surface area contributed by atoms with Gasteiger partial charge in [-0.3, -0.25) is 9.36 Å². The number of nitrogens with zero attached hydrogens (tertiary/aromatic N) is 2. The van der Waals surface area contributed by atoms with Gasteiger partial charge in [0.25, 0.3) is 5.56 Å². The highest BCUT2D eigenvalue weighted by molar-refractivity contribution is 7.72. The number of halogens is 4. The van der Waals surface area contributed by atoms with Gasteiger partial charge in [0, 0.05) is 18.1 Å². The molecular formula is C19H23ClF3N2O2P. The molecule has 0 saturated carbocycles. The predicted octanol–water partition coefficient (Wildman–Crippen LogP) is 4.16. The van der Waals surface area contributed by atoms with Crippen molar-refractivity contribution in [3.8, 4) is 5.69 Å². The van der Waals surface area contributed by atoms with E-state index in [1.165, 1.54) is 0 Å². The molecule has 0 aliphatic rings. The summed E-state index contributed by atoms with van der Waals surface area (Å²) in [6.45, 7) is 6.48. The topological polar surface area (TPSA) is 44.0 Å². The molecule has 4 nitrogen and oxygen atoms in total. The van der Waals surface area contributed by atoms with Crippen LogP contribution in [0.3, 0.4) is 0 Å². The van der Waals surface area contributed by atoms with Gasteiger partial charge in [-0.15, -0.1) is 13.2 Å². The van der Waals surface area contributed by atoms with Gasteiger partial charge in [-0.2, -0.15) is 13.2 Å². The molecule has 0 radical (unpaired) electrons. The van der Waals surface area contributed by atoms with Gasteiger partial charge in [-0.25, -0.2) is 9.36 Å². The molecule has 1 heterocycles. The number of hydrogen-bond donors (Lipinski definition) is 0. The van der Waals surface area contributed by atoms with Gasteiger partial charge in [-0.1, -0.05) is 18.5 Å². The van der Waals surface area contributed by atoms with Crippen LogP contribution in [0.1, 0.15) is 23.7 Å². The van der Waals surface area contributed by atoms with Gasteiger partial charge in [-0.05, 0) is 55.6 Å². The van der Waals surface area contributed by atoms with E-state index in [2.05, 4.69) is 26.6 Å². The van der Waals surface area contributed by atoms with Crippen molar-refractivity contribution in [1.82, 2.24) is 9.13 Å². The van der Waals surface area contributed by atoms with Crippen LogP contribution in [0.4, 0.5) is 13.2 Å². The second kappa shape index (κ2) is 7.60. The van der Waals surface area contributed by atoms with E-state index < -0.39 is 30.0 Å². The fraction of sp³-hybridized carbons (Fsp3) is 0.421. The SMILES string of the molecule is C=P(C)(C)C(C)Cc1cc(-n2c(=O)cc(C(F)(F)F)n(C)c2=O)c(C)cc1Cl. The van der Waals surface area contributed by atoms with Gasteiger partial charge < -0.3 is 0 Å². The monoisotopic (exact) mass is 434 g/mol. The highest BCUT2D eigenvalue weighted by atomic mass is 35.5.